The van der Waals surface area contributed by atoms with Gasteiger partial charge in [0.2, 0.25) is 0 Å². The zero-order valence-corrected chi connectivity index (χ0v) is 11.7. The largest absolute Gasteiger partial charge is 0.337 e. The summed E-state index contributed by atoms with van der Waals surface area (Å²) in [7, 11) is 2.01. The Morgan fingerprint density at radius 1 is 1.35 bits per heavy atom. The number of hydrogen-bond donors (Lipinski definition) is 1. The van der Waals surface area contributed by atoms with Crippen molar-refractivity contribution in [2.75, 3.05) is 0 Å². The molecule has 0 aliphatic heterocycles. The van der Waals surface area contributed by atoms with E-state index in [1.807, 2.05) is 24.0 Å². The van der Waals surface area contributed by atoms with Gasteiger partial charge in [0.05, 0.1) is 6.54 Å². The van der Waals surface area contributed by atoms with Crippen LogP contribution in [0.15, 0.2) is 35.1 Å². The molecule has 90 valence electrons. The van der Waals surface area contributed by atoms with Crippen LogP contribution in [0, 0.1) is 6.92 Å². The Hall–Kier alpha value is -1.13. The van der Waals surface area contributed by atoms with Crippen LogP contribution in [-0.4, -0.2) is 9.55 Å². The first-order valence-corrected chi connectivity index (χ1v) is 6.38. The predicted octanol–water partition coefficient (Wildman–Crippen LogP) is 2.78. The molecule has 0 amide bonds. The fourth-order valence-electron chi connectivity index (χ4n) is 1.70. The second-order valence-corrected chi connectivity index (χ2v) is 5.00. The summed E-state index contributed by atoms with van der Waals surface area (Å²) in [6.45, 7) is 3.76. The monoisotopic (exact) mass is 293 g/mol. The molecular formula is C13H16BrN3. The lowest BCUT2D eigenvalue weighted by molar-refractivity contribution is 0.639. The van der Waals surface area contributed by atoms with Gasteiger partial charge in [-0.2, -0.15) is 0 Å². The van der Waals surface area contributed by atoms with Crippen molar-refractivity contribution in [2.24, 2.45) is 7.05 Å². The highest BCUT2D eigenvalue weighted by Crippen LogP contribution is 2.16. The van der Waals surface area contributed by atoms with Crippen LogP contribution in [0.2, 0.25) is 0 Å². The first-order valence-electron chi connectivity index (χ1n) is 5.59. The Balaban J connectivity index is 1.90. The second-order valence-electron chi connectivity index (χ2n) is 4.14. The molecule has 0 spiro atoms. The van der Waals surface area contributed by atoms with Gasteiger partial charge in [-0.1, -0.05) is 28.1 Å². The van der Waals surface area contributed by atoms with Crippen molar-refractivity contribution in [1.82, 2.24) is 14.9 Å². The highest BCUT2D eigenvalue weighted by atomic mass is 79.9. The minimum Gasteiger partial charge on any atom is -0.337 e. The molecule has 1 aromatic carbocycles. The van der Waals surface area contributed by atoms with E-state index in [1.54, 1.807) is 0 Å². The van der Waals surface area contributed by atoms with E-state index in [-0.39, 0.29) is 0 Å². The molecule has 0 bridgehead atoms. The zero-order valence-electron chi connectivity index (χ0n) is 10.1. The van der Waals surface area contributed by atoms with Crippen molar-refractivity contribution >= 4 is 15.9 Å². The fraction of sp³-hybridized carbons (Fsp3) is 0.308. The van der Waals surface area contributed by atoms with E-state index in [2.05, 4.69) is 51.4 Å². The topological polar surface area (TPSA) is 29.9 Å². The van der Waals surface area contributed by atoms with Crippen molar-refractivity contribution in [1.29, 1.82) is 0 Å². The number of aryl methyl sites for hydroxylation is 2. The Bertz CT molecular complexity index is 505. The van der Waals surface area contributed by atoms with Gasteiger partial charge in [0, 0.05) is 30.5 Å². The number of halogens is 1. The lowest BCUT2D eigenvalue weighted by Gasteiger charge is -2.07. The molecule has 0 saturated carbocycles. The summed E-state index contributed by atoms with van der Waals surface area (Å²) < 4.78 is 3.19. The lowest BCUT2D eigenvalue weighted by atomic mass is 10.1. The first kappa shape index (κ1) is 12.3. The molecule has 0 aliphatic carbocycles. The average molecular weight is 294 g/mol. The number of hydrogen-bond acceptors (Lipinski definition) is 2. The molecule has 4 heteroatoms. The average Bonchev–Trinajstić information content (AvgIpc) is 2.70. The predicted molar refractivity (Wildman–Crippen MR) is 72.6 cm³/mol. The van der Waals surface area contributed by atoms with E-state index in [4.69, 9.17) is 0 Å². The summed E-state index contributed by atoms with van der Waals surface area (Å²) >= 11 is 3.50. The van der Waals surface area contributed by atoms with Gasteiger partial charge in [0.15, 0.2) is 0 Å². The van der Waals surface area contributed by atoms with Crippen LogP contribution in [0.5, 0.6) is 0 Å². The highest BCUT2D eigenvalue weighted by molar-refractivity contribution is 9.10. The van der Waals surface area contributed by atoms with Crippen LogP contribution in [0.4, 0.5) is 0 Å². The van der Waals surface area contributed by atoms with Crippen molar-refractivity contribution in [3.63, 3.8) is 0 Å². The minimum atomic E-state index is 0.790. The molecule has 0 radical (unpaired) electrons. The highest BCUT2D eigenvalue weighted by Gasteiger charge is 2.00. The maximum Gasteiger partial charge on any atom is 0.122 e. The molecule has 1 N–H and O–H groups in total. The number of nitrogens with zero attached hydrogens (tertiary/aromatic N) is 2. The summed E-state index contributed by atoms with van der Waals surface area (Å²) in [6, 6.07) is 6.41. The Kier molecular flexibility index (Phi) is 3.97. The number of benzene rings is 1. The lowest BCUT2D eigenvalue weighted by Crippen LogP contribution is -2.15. The van der Waals surface area contributed by atoms with Gasteiger partial charge >= 0.3 is 0 Å². The van der Waals surface area contributed by atoms with Crippen molar-refractivity contribution in [3.05, 3.63) is 52.0 Å². The van der Waals surface area contributed by atoms with Crippen molar-refractivity contribution < 1.29 is 0 Å². The SMILES string of the molecule is Cc1cc(CNCc2nccn2C)ccc1Br. The number of imidazole rings is 1. The first-order chi connectivity index (χ1) is 8.16. The summed E-state index contributed by atoms with van der Waals surface area (Å²) in [5.41, 5.74) is 2.56. The van der Waals surface area contributed by atoms with Gasteiger partial charge < -0.3 is 9.88 Å². The molecule has 17 heavy (non-hydrogen) atoms. The summed E-state index contributed by atoms with van der Waals surface area (Å²) in [6.07, 6.45) is 3.78. The van der Waals surface area contributed by atoms with Crippen LogP contribution in [-0.2, 0) is 20.1 Å². The van der Waals surface area contributed by atoms with Gasteiger partial charge in [-0.3, -0.25) is 0 Å². The third kappa shape index (κ3) is 3.17. The number of rotatable bonds is 4. The molecule has 0 unspecified atom stereocenters. The van der Waals surface area contributed by atoms with E-state index in [0.29, 0.717) is 0 Å². The Morgan fingerprint density at radius 3 is 2.82 bits per heavy atom. The fourth-order valence-corrected chi connectivity index (χ4v) is 1.95. The molecule has 2 rings (SSSR count). The maximum atomic E-state index is 4.27. The standard InChI is InChI=1S/C13H16BrN3/c1-10-7-11(3-4-12(10)14)8-15-9-13-16-5-6-17(13)2/h3-7,15H,8-9H2,1-2H3. The smallest absolute Gasteiger partial charge is 0.122 e. The third-order valence-corrected chi connectivity index (χ3v) is 3.65. The molecule has 0 saturated heterocycles. The van der Waals surface area contributed by atoms with Gasteiger partial charge in [-0.15, -0.1) is 0 Å². The summed E-state index contributed by atoms with van der Waals surface area (Å²) in [4.78, 5) is 4.27. The molecule has 1 heterocycles. The third-order valence-electron chi connectivity index (χ3n) is 2.76. The minimum absolute atomic E-state index is 0.790. The van der Waals surface area contributed by atoms with Crippen LogP contribution in [0.1, 0.15) is 17.0 Å². The van der Waals surface area contributed by atoms with Gasteiger partial charge in [0.1, 0.15) is 5.82 Å². The Labute approximate surface area is 110 Å². The van der Waals surface area contributed by atoms with Gasteiger partial charge in [-0.05, 0) is 24.1 Å². The van der Waals surface area contributed by atoms with Gasteiger partial charge in [0.25, 0.3) is 0 Å². The van der Waals surface area contributed by atoms with Crippen molar-refractivity contribution in [3.8, 4) is 0 Å². The van der Waals surface area contributed by atoms with Gasteiger partial charge in [-0.25, -0.2) is 4.98 Å². The normalized spacial score (nSPS) is 10.8. The van der Waals surface area contributed by atoms with E-state index in [9.17, 15) is 0 Å². The van der Waals surface area contributed by atoms with Crippen LogP contribution in [0.25, 0.3) is 0 Å². The maximum absolute atomic E-state index is 4.27. The van der Waals surface area contributed by atoms with Crippen LogP contribution >= 0.6 is 15.9 Å². The Morgan fingerprint density at radius 2 is 2.18 bits per heavy atom. The summed E-state index contributed by atoms with van der Waals surface area (Å²) in [5.74, 6) is 1.05. The molecule has 0 fully saturated rings. The second kappa shape index (κ2) is 5.47. The number of aromatic nitrogens is 2. The van der Waals surface area contributed by atoms with E-state index < -0.39 is 0 Å². The molecule has 2 aromatic rings. The zero-order chi connectivity index (χ0) is 12.3. The summed E-state index contributed by atoms with van der Waals surface area (Å²) in [5, 5.41) is 3.39. The number of nitrogens with one attached hydrogen (secondary N) is 1. The molecular weight excluding hydrogens is 278 g/mol. The van der Waals surface area contributed by atoms with E-state index in [1.165, 1.54) is 11.1 Å². The molecule has 0 atom stereocenters. The molecule has 0 aliphatic rings. The van der Waals surface area contributed by atoms with E-state index in [0.717, 1.165) is 23.4 Å². The van der Waals surface area contributed by atoms with Crippen LogP contribution < -0.4 is 5.32 Å². The molecule has 3 nitrogen and oxygen atoms in total. The van der Waals surface area contributed by atoms with Crippen molar-refractivity contribution in [2.45, 2.75) is 20.0 Å². The van der Waals surface area contributed by atoms with Crippen LogP contribution in [0.3, 0.4) is 0 Å². The van der Waals surface area contributed by atoms with E-state index >= 15 is 0 Å². The molecule has 1 aromatic heterocycles. The quantitative estimate of drug-likeness (QED) is 0.939.